The minimum absolute atomic E-state index is 0.368. The molecule has 15 heavy (non-hydrogen) atoms. The molecule has 0 aliphatic heterocycles. The van der Waals surface area contributed by atoms with E-state index in [1.54, 1.807) is 0 Å². The highest BCUT2D eigenvalue weighted by Crippen LogP contribution is 2.28. The molecule has 2 nitrogen and oxygen atoms in total. The fraction of sp³-hybridized carbons (Fsp3) is 0.917. The number of hydrogen-bond donors (Lipinski definition) is 0. The van der Waals surface area contributed by atoms with Crippen molar-refractivity contribution in [2.45, 2.75) is 46.1 Å². The monoisotopic (exact) mass is 229 g/mol. The predicted molar refractivity (Wildman–Crippen MR) is 67.2 cm³/mol. The number of thioether (sulfide) groups is 1. The highest BCUT2D eigenvalue weighted by molar-refractivity contribution is 7.99. The Balaban J connectivity index is 2.30. The van der Waals surface area contributed by atoms with E-state index in [9.17, 15) is 4.79 Å². The summed E-state index contributed by atoms with van der Waals surface area (Å²) in [6.07, 6.45) is 3.17. The van der Waals surface area contributed by atoms with Gasteiger partial charge in [-0.2, -0.15) is 11.8 Å². The minimum Gasteiger partial charge on any atom is -0.339 e. The molecule has 1 saturated carbocycles. The van der Waals surface area contributed by atoms with Crippen molar-refractivity contribution in [3.05, 3.63) is 0 Å². The fourth-order valence-electron chi connectivity index (χ4n) is 1.68. The van der Waals surface area contributed by atoms with Gasteiger partial charge < -0.3 is 4.90 Å². The number of rotatable bonds is 7. The first-order chi connectivity index (χ1) is 7.15. The molecule has 0 atom stereocenters. The van der Waals surface area contributed by atoms with Crippen molar-refractivity contribution in [2.24, 2.45) is 5.92 Å². The first-order valence-corrected chi connectivity index (χ1v) is 7.17. The number of carbonyl (C=O) groups is 1. The third-order valence-electron chi connectivity index (χ3n) is 2.53. The van der Waals surface area contributed by atoms with E-state index >= 15 is 0 Å². The van der Waals surface area contributed by atoms with Crippen LogP contribution in [0.15, 0.2) is 0 Å². The third-order valence-corrected chi connectivity index (χ3v) is 3.44. The van der Waals surface area contributed by atoms with Crippen LogP contribution in [-0.2, 0) is 4.79 Å². The van der Waals surface area contributed by atoms with Gasteiger partial charge in [0.15, 0.2) is 0 Å². The van der Waals surface area contributed by atoms with Gasteiger partial charge in [0.05, 0.1) is 0 Å². The van der Waals surface area contributed by atoms with E-state index in [-0.39, 0.29) is 0 Å². The zero-order valence-corrected chi connectivity index (χ0v) is 11.0. The van der Waals surface area contributed by atoms with Gasteiger partial charge in [-0.15, -0.1) is 0 Å². The molecule has 3 heteroatoms. The molecular weight excluding hydrogens is 206 g/mol. The molecule has 1 aliphatic rings. The summed E-state index contributed by atoms with van der Waals surface area (Å²) in [4.78, 5) is 14.1. The molecule has 0 unspecified atom stereocenters. The standard InChI is InChI=1S/C12H23NOS/c1-4-15-8-7-12(14)13(9-10(2)3)11-5-6-11/h10-11H,4-9H2,1-3H3. The highest BCUT2D eigenvalue weighted by Gasteiger charge is 2.32. The molecule has 0 N–H and O–H groups in total. The molecule has 0 saturated heterocycles. The van der Waals surface area contributed by atoms with Crippen LogP contribution in [0, 0.1) is 5.92 Å². The van der Waals surface area contributed by atoms with Gasteiger partial charge in [-0.25, -0.2) is 0 Å². The van der Waals surface area contributed by atoms with Crippen LogP contribution in [0.2, 0.25) is 0 Å². The van der Waals surface area contributed by atoms with Gasteiger partial charge in [-0.3, -0.25) is 4.79 Å². The Morgan fingerprint density at radius 1 is 1.47 bits per heavy atom. The number of nitrogens with zero attached hydrogens (tertiary/aromatic N) is 1. The van der Waals surface area contributed by atoms with E-state index in [1.807, 2.05) is 11.8 Å². The molecule has 0 aromatic carbocycles. The lowest BCUT2D eigenvalue weighted by atomic mass is 10.2. The van der Waals surface area contributed by atoms with Crippen LogP contribution in [0.25, 0.3) is 0 Å². The van der Waals surface area contributed by atoms with Crippen LogP contribution < -0.4 is 0 Å². The normalized spacial score (nSPS) is 15.7. The Morgan fingerprint density at radius 2 is 2.13 bits per heavy atom. The van der Waals surface area contributed by atoms with Crippen LogP contribution in [0.3, 0.4) is 0 Å². The topological polar surface area (TPSA) is 20.3 Å². The van der Waals surface area contributed by atoms with Crippen molar-refractivity contribution in [3.63, 3.8) is 0 Å². The summed E-state index contributed by atoms with van der Waals surface area (Å²) in [5, 5.41) is 0. The van der Waals surface area contributed by atoms with Crippen molar-refractivity contribution in [2.75, 3.05) is 18.1 Å². The molecule has 1 amide bonds. The van der Waals surface area contributed by atoms with E-state index in [2.05, 4.69) is 25.7 Å². The lowest BCUT2D eigenvalue weighted by Crippen LogP contribution is -2.36. The van der Waals surface area contributed by atoms with Crippen molar-refractivity contribution in [1.29, 1.82) is 0 Å². The lowest BCUT2D eigenvalue weighted by molar-refractivity contribution is -0.131. The maximum Gasteiger partial charge on any atom is 0.223 e. The van der Waals surface area contributed by atoms with Gasteiger partial charge >= 0.3 is 0 Å². The summed E-state index contributed by atoms with van der Waals surface area (Å²) >= 11 is 1.86. The van der Waals surface area contributed by atoms with Crippen LogP contribution in [-0.4, -0.2) is 34.9 Å². The minimum atomic E-state index is 0.368. The lowest BCUT2D eigenvalue weighted by Gasteiger charge is -2.24. The Kier molecular flexibility index (Phi) is 5.51. The van der Waals surface area contributed by atoms with E-state index in [0.29, 0.717) is 17.9 Å². The first-order valence-electron chi connectivity index (χ1n) is 6.02. The summed E-state index contributed by atoms with van der Waals surface area (Å²) in [5.41, 5.74) is 0. The van der Waals surface area contributed by atoms with E-state index in [4.69, 9.17) is 0 Å². The Labute approximate surface area is 97.8 Å². The molecule has 1 rings (SSSR count). The zero-order chi connectivity index (χ0) is 11.3. The van der Waals surface area contributed by atoms with Crippen molar-refractivity contribution >= 4 is 17.7 Å². The van der Waals surface area contributed by atoms with Gasteiger partial charge in [0.1, 0.15) is 0 Å². The van der Waals surface area contributed by atoms with E-state index in [1.165, 1.54) is 12.8 Å². The van der Waals surface area contributed by atoms with Crippen molar-refractivity contribution in [3.8, 4) is 0 Å². The molecular formula is C12H23NOS. The molecule has 0 aromatic heterocycles. The summed E-state index contributed by atoms with van der Waals surface area (Å²) < 4.78 is 0. The maximum absolute atomic E-state index is 11.9. The van der Waals surface area contributed by atoms with E-state index in [0.717, 1.165) is 24.5 Å². The second-order valence-electron chi connectivity index (χ2n) is 4.62. The highest BCUT2D eigenvalue weighted by atomic mass is 32.2. The SMILES string of the molecule is CCSCCC(=O)N(CC(C)C)C1CC1. The molecule has 88 valence electrons. The average molecular weight is 229 g/mol. The van der Waals surface area contributed by atoms with Crippen molar-refractivity contribution < 1.29 is 4.79 Å². The second kappa shape index (κ2) is 6.41. The van der Waals surface area contributed by atoms with Crippen molar-refractivity contribution in [1.82, 2.24) is 4.90 Å². The molecule has 0 bridgehead atoms. The maximum atomic E-state index is 11.9. The summed E-state index contributed by atoms with van der Waals surface area (Å²) in [7, 11) is 0. The van der Waals surface area contributed by atoms with Crippen LogP contribution >= 0.6 is 11.8 Å². The average Bonchev–Trinajstić information content (AvgIpc) is 2.97. The zero-order valence-electron chi connectivity index (χ0n) is 10.2. The Morgan fingerprint density at radius 3 is 2.60 bits per heavy atom. The van der Waals surface area contributed by atoms with Gasteiger partial charge in [-0.05, 0) is 24.5 Å². The molecule has 0 spiro atoms. The molecule has 1 aliphatic carbocycles. The van der Waals surface area contributed by atoms with Gasteiger partial charge in [-0.1, -0.05) is 20.8 Å². The Hall–Kier alpha value is -0.180. The summed E-state index contributed by atoms with van der Waals surface area (Å²) in [6.45, 7) is 7.45. The van der Waals surface area contributed by atoms with Crippen LogP contribution in [0.5, 0.6) is 0 Å². The summed E-state index contributed by atoms with van der Waals surface area (Å²) in [5.74, 6) is 3.05. The van der Waals surface area contributed by atoms with Gasteiger partial charge in [0.25, 0.3) is 0 Å². The largest absolute Gasteiger partial charge is 0.339 e. The quantitative estimate of drug-likeness (QED) is 0.626. The fourth-order valence-corrected chi connectivity index (χ4v) is 2.29. The third kappa shape index (κ3) is 4.92. The summed E-state index contributed by atoms with van der Waals surface area (Å²) in [6, 6.07) is 0.575. The van der Waals surface area contributed by atoms with Gasteiger partial charge in [0.2, 0.25) is 5.91 Å². The number of hydrogen-bond acceptors (Lipinski definition) is 2. The molecule has 1 fully saturated rings. The first kappa shape index (κ1) is 12.9. The molecule has 0 aromatic rings. The van der Waals surface area contributed by atoms with Gasteiger partial charge in [0, 0.05) is 24.8 Å². The smallest absolute Gasteiger partial charge is 0.223 e. The molecule has 0 radical (unpaired) electrons. The van der Waals surface area contributed by atoms with Crippen LogP contribution in [0.1, 0.15) is 40.0 Å². The molecule has 0 heterocycles. The predicted octanol–water partition coefficient (Wildman–Crippen LogP) is 2.78. The van der Waals surface area contributed by atoms with E-state index < -0.39 is 0 Å². The Bertz CT molecular complexity index is 202. The number of amides is 1. The number of carbonyl (C=O) groups excluding carboxylic acids is 1. The van der Waals surface area contributed by atoms with Crippen LogP contribution in [0.4, 0.5) is 0 Å². The second-order valence-corrected chi connectivity index (χ2v) is 6.01.